The van der Waals surface area contributed by atoms with Crippen molar-refractivity contribution in [2.75, 3.05) is 6.61 Å². The van der Waals surface area contributed by atoms with Crippen molar-refractivity contribution >= 4 is 17.9 Å². The van der Waals surface area contributed by atoms with Crippen LogP contribution in [0.4, 0.5) is 0 Å². The molecule has 0 bridgehead atoms. The van der Waals surface area contributed by atoms with Crippen molar-refractivity contribution in [3.8, 4) is 22.8 Å². The average molecular weight is 682 g/mol. The number of phenolic OH excluding ortho intramolecular Hbond substituents is 1. The second kappa shape index (κ2) is 14.9. The highest BCUT2D eigenvalue weighted by atomic mass is 16.7. The minimum atomic E-state index is -1.28. The van der Waals surface area contributed by atoms with Crippen LogP contribution in [0.15, 0.2) is 146 Å². The van der Waals surface area contributed by atoms with E-state index in [0.717, 1.165) is 0 Å². The van der Waals surface area contributed by atoms with E-state index in [2.05, 4.69) is 0 Å². The van der Waals surface area contributed by atoms with Gasteiger partial charge in [0.05, 0.1) is 22.4 Å². The van der Waals surface area contributed by atoms with Crippen molar-refractivity contribution < 1.29 is 38.4 Å². The molecule has 1 N–H and O–H groups in total. The number of aromatic nitrogens is 3. The summed E-state index contributed by atoms with van der Waals surface area (Å²) in [4.78, 5) is 45.2. The summed E-state index contributed by atoms with van der Waals surface area (Å²) in [5.74, 6) is -1.42. The third-order valence-corrected chi connectivity index (χ3v) is 8.22. The molecule has 0 aliphatic carbocycles. The lowest BCUT2D eigenvalue weighted by Crippen LogP contribution is -2.41. The zero-order valence-electron chi connectivity index (χ0n) is 27.0. The number of hydrogen-bond acceptors (Lipinski definition) is 10. The van der Waals surface area contributed by atoms with Crippen molar-refractivity contribution in [1.82, 2.24) is 14.8 Å². The molecule has 1 aliphatic heterocycles. The molecule has 2 heterocycles. The summed E-state index contributed by atoms with van der Waals surface area (Å²) in [7, 11) is 0. The Balaban J connectivity index is 1.32. The van der Waals surface area contributed by atoms with Gasteiger partial charge in [-0.1, -0.05) is 84.9 Å². The number of carbonyl (C=O) groups is 3. The number of aromatic hydroxyl groups is 1. The van der Waals surface area contributed by atoms with Crippen molar-refractivity contribution in [3.05, 3.63) is 168 Å². The van der Waals surface area contributed by atoms with Crippen LogP contribution in [0.5, 0.6) is 5.75 Å². The number of carbonyl (C=O) groups excluding carboxylic acids is 3. The van der Waals surface area contributed by atoms with E-state index in [0.29, 0.717) is 22.6 Å². The summed E-state index contributed by atoms with van der Waals surface area (Å²) in [5, 5.41) is 14.8. The van der Waals surface area contributed by atoms with Crippen LogP contribution in [0.2, 0.25) is 0 Å². The van der Waals surface area contributed by atoms with Crippen LogP contribution >= 0.6 is 0 Å². The van der Waals surface area contributed by atoms with Crippen LogP contribution in [0.25, 0.3) is 17.1 Å². The van der Waals surface area contributed by atoms with Crippen LogP contribution in [0, 0.1) is 0 Å². The van der Waals surface area contributed by atoms with E-state index in [1.165, 1.54) is 16.8 Å². The first-order valence-corrected chi connectivity index (χ1v) is 16.2. The standard InChI is InChI=1S/C40H31N3O8/c44-31-23-21-30(22-24-31)43-37(41-36(42-43)26-13-5-1-6-14-26)35-34(51-40(47)29-19-11-4-12-20-29)33(50-39(46)28-17-9-3-10-18-28)32(49-35)25-48-38(45)27-15-7-2-8-16-27/h1-24,32-35,44H,25H2/t32-,33-,34-,35-/m1/s1. The van der Waals surface area contributed by atoms with Crippen molar-refractivity contribution in [3.63, 3.8) is 0 Å². The first-order chi connectivity index (χ1) is 24.9. The second-order valence-electron chi connectivity index (χ2n) is 11.6. The summed E-state index contributed by atoms with van der Waals surface area (Å²) < 4.78 is 26.0. The topological polar surface area (TPSA) is 139 Å². The van der Waals surface area contributed by atoms with E-state index >= 15 is 0 Å². The maximum Gasteiger partial charge on any atom is 0.338 e. The fourth-order valence-corrected chi connectivity index (χ4v) is 5.69. The van der Waals surface area contributed by atoms with Gasteiger partial charge >= 0.3 is 17.9 Å². The fraction of sp³-hybridized carbons (Fsp3) is 0.125. The third-order valence-electron chi connectivity index (χ3n) is 8.22. The average Bonchev–Trinajstić information content (AvgIpc) is 3.77. The fourth-order valence-electron chi connectivity index (χ4n) is 5.69. The van der Waals surface area contributed by atoms with Crippen molar-refractivity contribution in [1.29, 1.82) is 0 Å². The summed E-state index contributed by atoms with van der Waals surface area (Å²) >= 11 is 0. The van der Waals surface area contributed by atoms with Gasteiger partial charge < -0.3 is 24.1 Å². The highest BCUT2D eigenvalue weighted by Crippen LogP contribution is 2.39. The molecule has 0 saturated carbocycles. The molecule has 6 aromatic rings. The molecule has 0 radical (unpaired) electrons. The van der Waals surface area contributed by atoms with Gasteiger partial charge in [0.25, 0.3) is 0 Å². The van der Waals surface area contributed by atoms with E-state index in [9.17, 15) is 19.5 Å². The Hall–Kier alpha value is -6.59. The lowest BCUT2D eigenvalue weighted by Gasteiger charge is -2.24. The molecule has 1 fully saturated rings. The molecule has 11 heteroatoms. The molecule has 1 aromatic heterocycles. The van der Waals surface area contributed by atoms with E-state index in [1.54, 1.807) is 103 Å². The molecule has 11 nitrogen and oxygen atoms in total. The van der Waals surface area contributed by atoms with Crippen LogP contribution in [-0.4, -0.2) is 62.7 Å². The maximum atomic E-state index is 13.7. The molecule has 7 rings (SSSR count). The maximum absolute atomic E-state index is 13.7. The number of esters is 3. The Morgan fingerprint density at radius 2 is 1.12 bits per heavy atom. The zero-order chi connectivity index (χ0) is 35.2. The number of ether oxygens (including phenoxy) is 4. The molecule has 0 spiro atoms. The van der Waals surface area contributed by atoms with E-state index in [1.807, 2.05) is 30.3 Å². The summed E-state index contributed by atoms with van der Waals surface area (Å²) in [6.45, 7) is -0.352. The zero-order valence-corrected chi connectivity index (χ0v) is 27.0. The second-order valence-corrected chi connectivity index (χ2v) is 11.6. The first kappa shape index (κ1) is 32.9. The van der Waals surface area contributed by atoms with Gasteiger partial charge in [-0.3, -0.25) is 0 Å². The van der Waals surface area contributed by atoms with E-state index in [4.69, 9.17) is 29.0 Å². The van der Waals surface area contributed by atoms with E-state index < -0.39 is 42.3 Å². The first-order valence-electron chi connectivity index (χ1n) is 16.2. The highest BCUT2D eigenvalue weighted by Gasteiger charge is 2.53. The van der Waals surface area contributed by atoms with Gasteiger partial charge in [-0.05, 0) is 60.7 Å². The molecule has 1 saturated heterocycles. The molecular formula is C40H31N3O8. The van der Waals surface area contributed by atoms with Crippen LogP contribution in [0.1, 0.15) is 43.0 Å². The lowest BCUT2D eigenvalue weighted by atomic mass is 10.1. The number of benzene rings is 5. The third kappa shape index (κ3) is 7.38. The molecule has 5 aromatic carbocycles. The molecule has 1 aliphatic rings. The largest absolute Gasteiger partial charge is 0.508 e. The molecule has 0 amide bonds. The molecule has 254 valence electrons. The predicted molar refractivity (Wildman–Crippen MR) is 184 cm³/mol. The Labute approximate surface area is 292 Å². The van der Waals surface area contributed by atoms with Crippen LogP contribution < -0.4 is 0 Å². The summed E-state index contributed by atoms with van der Waals surface area (Å²) in [6.07, 6.45) is -4.82. The number of nitrogens with zero attached hydrogens (tertiary/aromatic N) is 3. The summed E-state index contributed by atoms with van der Waals surface area (Å²) in [6, 6.07) is 40.7. The molecule has 4 atom stereocenters. The normalized spacial score (nSPS) is 18.1. The van der Waals surface area contributed by atoms with E-state index in [-0.39, 0.29) is 29.3 Å². The number of hydrogen-bond donors (Lipinski definition) is 1. The molecular weight excluding hydrogens is 650 g/mol. The van der Waals surface area contributed by atoms with Gasteiger partial charge in [-0.15, -0.1) is 5.10 Å². The van der Waals surface area contributed by atoms with Gasteiger partial charge in [0, 0.05) is 5.56 Å². The number of phenols is 1. The minimum absolute atomic E-state index is 0.0451. The van der Waals surface area contributed by atoms with Crippen LogP contribution in [0.3, 0.4) is 0 Å². The quantitative estimate of drug-likeness (QED) is 0.128. The van der Waals surface area contributed by atoms with Gasteiger partial charge in [-0.2, -0.15) is 0 Å². The van der Waals surface area contributed by atoms with Gasteiger partial charge in [0.2, 0.25) is 0 Å². The van der Waals surface area contributed by atoms with Crippen molar-refractivity contribution in [2.24, 2.45) is 0 Å². The SMILES string of the molecule is O=C(OC[C@H]1O[C@@H](c2nc(-c3ccccc3)nn2-c2ccc(O)cc2)[C@H](OC(=O)c2ccccc2)[C@@H]1OC(=O)c1ccccc1)c1ccccc1. The Bertz CT molecular complexity index is 2110. The van der Waals surface area contributed by atoms with Crippen molar-refractivity contribution in [2.45, 2.75) is 24.4 Å². The van der Waals surface area contributed by atoms with Gasteiger partial charge in [0.1, 0.15) is 18.5 Å². The minimum Gasteiger partial charge on any atom is -0.508 e. The highest BCUT2D eigenvalue weighted by molar-refractivity contribution is 5.91. The summed E-state index contributed by atoms with van der Waals surface area (Å²) in [5.41, 5.74) is 2.05. The Morgan fingerprint density at radius 3 is 1.67 bits per heavy atom. The molecule has 51 heavy (non-hydrogen) atoms. The predicted octanol–water partition coefficient (Wildman–Crippen LogP) is 6.39. The Kier molecular flexibility index (Phi) is 9.62. The smallest absolute Gasteiger partial charge is 0.338 e. The monoisotopic (exact) mass is 681 g/mol. The van der Waals surface area contributed by atoms with Crippen LogP contribution in [-0.2, 0) is 18.9 Å². The lowest BCUT2D eigenvalue weighted by molar-refractivity contribution is -0.0455. The Morgan fingerprint density at radius 1 is 0.627 bits per heavy atom. The molecule has 0 unspecified atom stereocenters. The van der Waals surface area contributed by atoms with Gasteiger partial charge in [0.15, 0.2) is 30.0 Å². The number of rotatable bonds is 10. The van der Waals surface area contributed by atoms with Gasteiger partial charge in [-0.25, -0.2) is 24.0 Å².